The van der Waals surface area contributed by atoms with Crippen molar-refractivity contribution in [2.24, 2.45) is 5.92 Å². The highest BCUT2D eigenvalue weighted by molar-refractivity contribution is 5.72. The lowest BCUT2D eigenvalue weighted by molar-refractivity contribution is -0.150. The summed E-state index contributed by atoms with van der Waals surface area (Å²) in [5.41, 5.74) is 0. The Hall–Kier alpha value is -1.06. The molecule has 1 atom stereocenters. The highest BCUT2D eigenvalue weighted by atomic mass is 16.5. The predicted octanol–water partition coefficient (Wildman–Crippen LogP) is 1.14. The van der Waals surface area contributed by atoms with Crippen LogP contribution in [0.3, 0.4) is 0 Å². The SMILES string of the molecule is CCOC(=O)C(C)CCOC(C)=O. The molecule has 0 aliphatic carbocycles. The third kappa shape index (κ3) is 6.13. The monoisotopic (exact) mass is 188 g/mol. The Labute approximate surface area is 78.2 Å². The molecule has 0 aromatic heterocycles. The number of ether oxygens (including phenoxy) is 2. The topological polar surface area (TPSA) is 52.6 Å². The first-order chi connectivity index (χ1) is 6.07. The van der Waals surface area contributed by atoms with Crippen molar-refractivity contribution >= 4 is 11.9 Å². The van der Waals surface area contributed by atoms with Crippen LogP contribution in [-0.2, 0) is 19.1 Å². The number of hydrogen-bond acceptors (Lipinski definition) is 4. The van der Waals surface area contributed by atoms with Gasteiger partial charge in [-0.1, -0.05) is 6.92 Å². The lowest BCUT2D eigenvalue weighted by Crippen LogP contribution is -2.17. The molecule has 0 amide bonds. The van der Waals surface area contributed by atoms with Crippen molar-refractivity contribution in [2.75, 3.05) is 13.2 Å². The maximum Gasteiger partial charge on any atom is 0.308 e. The first-order valence-electron chi connectivity index (χ1n) is 4.38. The van der Waals surface area contributed by atoms with Gasteiger partial charge in [-0.25, -0.2) is 0 Å². The zero-order valence-electron chi connectivity index (χ0n) is 8.33. The molecule has 0 heterocycles. The summed E-state index contributed by atoms with van der Waals surface area (Å²) < 4.78 is 9.48. The van der Waals surface area contributed by atoms with Crippen LogP contribution >= 0.6 is 0 Å². The Morgan fingerprint density at radius 2 is 1.92 bits per heavy atom. The Morgan fingerprint density at radius 3 is 2.38 bits per heavy atom. The molecule has 0 aliphatic rings. The van der Waals surface area contributed by atoms with Crippen LogP contribution in [0.15, 0.2) is 0 Å². The van der Waals surface area contributed by atoms with Crippen molar-refractivity contribution in [3.8, 4) is 0 Å². The van der Waals surface area contributed by atoms with Gasteiger partial charge in [0.25, 0.3) is 0 Å². The molecular weight excluding hydrogens is 172 g/mol. The quantitative estimate of drug-likeness (QED) is 0.607. The lowest BCUT2D eigenvalue weighted by atomic mass is 10.1. The number of hydrogen-bond donors (Lipinski definition) is 0. The molecule has 0 aromatic carbocycles. The molecule has 0 bridgehead atoms. The second-order valence-corrected chi connectivity index (χ2v) is 2.78. The summed E-state index contributed by atoms with van der Waals surface area (Å²) in [5, 5.41) is 0. The van der Waals surface area contributed by atoms with E-state index < -0.39 is 0 Å². The fourth-order valence-electron chi connectivity index (χ4n) is 0.782. The van der Waals surface area contributed by atoms with E-state index in [1.165, 1.54) is 6.92 Å². The summed E-state index contributed by atoms with van der Waals surface area (Å²) in [6.07, 6.45) is 0.512. The van der Waals surface area contributed by atoms with Crippen LogP contribution in [0.25, 0.3) is 0 Å². The van der Waals surface area contributed by atoms with E-state index in [9.17, 15) is 9.59 Å². The average molecular weight is 188 g/mol. The van der Waals surface area contributed by atoms with E-state index in [0.717, 1.165) is 0 Å². The second kappa shape index (κ2) is 6.46. The molecule has 0 radical (unpaired) electrons. The molecule has 0 aromatic rings. The zero-order valence-corrected chi connectivity index (χ0v) is 8.33. The van der Waals surface area contributed by atoms with Crippen LogP contribution < -0.4 is 0 Å². The number of carbonyl (C=O) groups excluding carboxylic acids is 2. The van der Waals surface area contributed by atoms with Gasteiger partial charge in [-0.3, -0.25) is 9.59 Å². The summed E-state index contributed by atoms with van der Waals surface area (Å²) >= 11 is 0. The van der Waals surface area contributed by atoms with E-state index in [-0.39, 0.29) is 24.5 Å². The number of carbonyl (C=O) groups is 2. The van der Waals surface area contributed by atoms with Crippen molar-refractivity contribution in [3.63, 3.8) is 0 Å². The zero-order chi connectivity index (χ0) is 10.3. The van der Waals surface area contributed by atoms with Gasteiger partial charge in [0.1, 0.15) is 0 Å². The highest BCUT2D eigenvalue weighted by Gasteiger charge is 2.13. The average Bonchev–Trinajstić information content (AvgIpc) is 2.04. The van der Waals surface area contributed by atoms with Gasteiger partial charge >= 0.3 is 11.9 Å². The van der Waals surface area contributed by atoms with E-state index >= 15 is 0 Å². The molecule has 0 rings (SSSR count). The normalized spacial score (nSPS) is 11.9. The Bertz CT molecular complexity index is 176. The second-order valence-electron chi connectivity index (χ2n) is 2.78. The molecule has 13 heavy (non-hydrogen) atoms. The van der Waals surface area contributed by atoms with Crippen molar-refractivity contribution < 1.29 is 19.1 Å². The van der Waals surface area contributed by atoms with Gasteiger partial charge in [0.2, 0.25) is 0 Å². The van der Waals surface area contributed by atoms with Gasteiger partial charge in [0.05, 0.1) is 19.1 Å². The molecule has 76 valence electrons. The molecule has 0 fully saturated rings. The van der Waals surface area contributed by atoms with Crippen molar-refractivity contribution in [3.05, 3.63) is 0 Å². The van der Waals surface area contributed by atoms with Gasteiger partial charge in [-0.05, 0) is 13.3 Å². The predicted molar refractivity (Wildman–Crippen MR) is 47.0 cm³/mol. The van der Waals surface area contributed by atoms with Crippen LogP contribution in [0, 0.1) is 5.92 Å². The van der Waals surface area contributed by atoms with Crippen molar-refractivity contribution in [1.82, 2.24) is 0 Å². The smallest absolute Gasteiger partial charge is 0.308 e. The molecule has 0 saturated carbocycles. The number of esters is 2. The van der Waals surface area contributed by atoms with Gasteiger partial charge in [0.15, 0.2) is 0 Å². The number of rotatable bonds is 5. The minimum atomic E-state index is -0.323. The fraction of sp³-hybridized carbons (Fsp3) is 0.778. The van der Waals surface area contributed by atoms with Crippen LogP contribution in [0.5, 0.6) is 0 Å². The fourth-order valence-corrected chi connectivity index (χ4v) is 0.782. The third-order valence-corrected chi connectivity index (χ3v) is 1.55. The van der Waals surface area contributed by atoms with E-state index in [1.54, 1.807) is 13.8 Å². The molecule has 0 saturated heterocycles. The van der Waals surface area contributed by atoms with Gasteiger partial charge in [0, 0.05) is 6.92 Å². The summed E-state index contributed by atoms with van der Waals surface area (Å²) in [6, 6.07) is 0. The molecule has 0 aliphatic heterocycles. The minimum Gasteiger partial charge on any atom is -0.466 e. The van der Waals surface area contributed by atoms with E-state index in [0.29, 0.717) is 13.0 Å². The third-order valence-electron chi connectivity index (χ3n) is 1.55. The van der Waals surface area contributed by atoms with Gasteiger partial charge in [-0.15, -0.1) is 0 Å². The standard InChI is InChI=1S/C9H16O4/c1-4-12-9(11)7(2)5-6-13-8(3)10/h7H,4-6H2,1-3H3. The summed E-state index contributed by atoms with van der Waals surface area (Å²) in [4.78, 5) is 21.4. The van der Waals surface area contributed by atoms with Crippen LogP contribution in [0.1, 0.15) is 27.2 Å². The maximum absolute atomic E-state index is 11.1. The van der Waals surface area contributed by atoms with Crippen LogP contribution in [0.4, 0.5) is 0 Å². The first kappa shape index (κ1) is 11.9. The summed E-state index contributed by atoms with van der Waals surface area (Å²) in [7, 11) is 0. The highest BCUT2D eigenvalue weighted by Crippen LogP contribution is 2.04. The Balaban J connectivity index is 3.55. The maximum atomic E-state index is 11.1. The van der Waals surface area contributed by atoms with Crippen LogP contribution in [0.2, 0.25) is 0 Å². The minimum absolute atomic E-state index is 0.209. The lowest BCUT2D eigenvalue weighted by Gasteiger charge is -2.09. The van der Waals surface area contributed by atoms with E-state index in [2.05, 4.69) is 0 Å². The Kier molecular flexibility index (Phi) is 5.93. The van der Waals surface area contributed by atoms with Crippen molar-refractivity contribution in [2.45, 2.75) is 27.2 Å². The van der Waals surface area contributed by atoms with Crippen LogP contribution in [-0.4, -0.2) is 25.2 Å². The molecular formula is C9H16O4. The molecule has 4 nitrogen and oxygen atoms in total. The van der Waals surface area contributed by atoms with E-state index in [1.807, 2.05) is 0 Å². The summed E-state index contributed by atoms with van der Waals surface area (Å²) in [6.45, 7) is 5.51. The molecule has 1 unspecified atom stereocenters. The van der Waals surface area contributed by atoms with E-state index in [4.69, 9.17) is 9.47 Å². The molecule has 0 N–H and O–H groups in total. The molecule has 4 heteroatoms. The summed E-state index contributed by atoms with van der Waals surface area (Å²) in [5.74, 6) is -0.773. The first-order valence-corrected chi connectivity index (χ1v) is 4.38. The van der Waals surface area contributed by atoms with Crippen molar-refractivity contribution in [1.29, 1.82) is 0 Å². The Morgan fingerprint density at radius 1 is 1.31 bits per heavy atom. The van der Waals surface area contributed by atoms with Gasteiger partial charge < -0.3 is 9.47 Å². The molecule has 0 spiro atoms. The largest absolute Gasteiger partial charge is 0.466 e. The van der Waals surface area contributed by atoms with Gasteiger partial charge in [-0.2, -0.15) is 0 Å².